The monoisotopic (exact) mass is 237 g/mol. The molecule has 0 atom stereocenters. The fourth-order valence-electron chi connectivity index (χ4n) is 1.25. The van der Waals surface area contributed by atoms with Gasteiger partial charge in [-0.1, -0.05) is 6.07 Å². The maximum absolute atomic E-state index is 13.3. The molecule has 0 fully saturated rings. The van der Waals surface area contributed by atoms with Gasteiger partial charge in [0.05, 0.1) is 0 Å². The molecular formula is C11H9F2N3O. The molecule has 4 nitrogen and oxygen atoms in total. The molecule has 0 saturated carbocycles. The first-order valence-corrected chi connectivity index (χ1v) is 4.84. The second-order valence-electron chi connectivity index (χ2n) is 3.17. The van der Waals surface area contributed by atoms with Crippen LogP contribution < -0.4 is 10.5 Å². The smallest absolute Gasteiger partial charge is 0.242 e. The fourth-order valence-corrected chi connectivity index (χ4v) is 1.25. The van der Waals surface area contributed by atoms with E-state index in [-0.39, 0.29) is 18.2 Å². The number of hydrogen-bond acceptors (Lipinski definition) is 4. The van der Waals surface area contributed by atoms with E-state index >= 15 is 0 Å². The van der Waals surface area contributed by atoms with Crippen LogP contribution in [0.3, 0.4) is 0 Å². The van der Waals surface area contributed by atoms with E-state index in [0.29, 0.717) is 5.69 Å². The Morgan fingerprint density at radius 2 is 1.94 bits per heavy atom. The van der Waals surface area contributed by atoms with Gasteiger partial charge in [0.1, 0.15) is 5.69 Å². The van der Waals surface area contributed by atoms with Crippen molar-refractivity contribution in [3.8, 4) is 11.6 Å². The van der Waals surface area contributed by atoms with Crippen molar-refractivity contribution < 1.29 is 13.5 Å². The highest BCUT2D eigenvalue weighted by atomic mass is 19.2. The van der Waals surface area contributed by atoms with Crippen LogP contribution in [-0.2, 0) is 6.54 Å². The van der Waals surface area contributed by atoms with Crippen LogP contribution in [-0.4, -0.2) is 9.97 Å². The van der Waals surface area contributed by atoms with Crippen LogP contribution in [0, 0.1) is 11.6 Å². The molecule has 2 aromatic rings. The average molecular weight is 237 g/mol. The second-order valence-corrected chi connectivity index (χ2v) is 3.17. The predicted octanol–water partition coefficient (Wildman–Crippen LogP) is 2.01. The Kier molecular flexibility index (Phi) is 3.24. The predicted molar refractivity (Wildman–Crippen MR) is 56.4 cm³/mol. The van der Waals surface area contributed by atoms with Crippen molar-refractivity contribution in [2.45, 2.75) is 6.54 Å². The quantitative estimate of drug-likeness (QED) is 0.886. The molecule has 0 radical (unpaired) electrons. The third-order valence-corrected chi connectivity index (χ3v) is 2.05. The third-order valence-electron chi connectivity index (χ3n) is 2.05. The molecule has 1 heterocycles. The van der Waals surface area contributed by atoms with Gasteiger partial charge in [-0.2, -0.15) is 4.39 Å². The molecule has 1 aromatic heterocycles. The van der Waals surface area contributed by atoms with Crippen LogP contribution in [0.2, 0.25) is 0 Å². The summed E-state index contributed by atoms with van der Waals surface area (Å²) >= 11 is 0. The van der Waals surface area contributed by atoms with Crippen molar-refractivity contribution in [2.24, 2.45) is 5.73 Å². The van der Waals surface area contributed by atoms with Crippen molar-refractivity contribution in [3.05, 3.63) is 47.9 Å². The van der Waals surface area contributed by atoms with Crippen LogP contribution in [0.4, 0.5) is 8.78 Å². The average Bonchev–Trinajstić information content (AvgIpc) is 2.35. The zero-order chi connectivity index (χ0) is 12.3. The molecule has 0 saturated heterocycles. The zero-order valence-corrected chi connectivity index (χ0v) is 8.73. The highest BCUT2D eigenvalue weighted by Gasteiger charge is 2.12. The van der Waals surface area contributed by atoms with Gasteiger partial charge in [-0.3, -0.25) is 4.98 Å². The van der Waals surface area contributed by atoms with Crippen LogP contribution >= 0.6 is 0 Å². The first-order chi connectivity index (χ1) is 8.22. The van der Waals surface area contributed by atoms with Crippen LogP contribution in [0.1, 0.15) is 5.69 Å². The maximum atomic E-state index is 13.3. The summed E-state index contributed by atoms with van der Waals surface area (Å²) < 4.78 is 31.4. The first-order valence-electron chi connectivity index (χ1n) is 4.84. The number of nitrogens with two attached hydrogens (primary N) is 1. The summed E-state index contributed by atoms with van der Waals surface area (Å²) in [7, 11) is 0. The van der Waals surface area contributed by atoms with Crippen molar-refractivity contribution >= 4 is 0 Å². The minimum Gasteiger partial charge on any atom is -0.434 e. The normalized spacial score (nSPS) is 10.3. The van der Waals surface area contributed by atoms with E-state index in [1.807, 2.05) is 0 Å². The lowest BCUT2D eigenvalue weighted by Crippen LogP contribution is -2.04. The molecule has 0 aliphatic carbocycles. The lowest BCUT2D eigenvalue weighted by atomic mass is 10.3. The van der Waals surface area contributed by atoms with Gasteiger partial charge in [0, 0.05) is 18.9 Å². The Morgan fingerprint density at radius 3 is 2.71 bits per heavy atom. The Hall–Kier alpha value is -2.08. The lowest BCUT2D eigenvalue weighted by Gasteiger charge is -2.08. The van der Waals surface area contributed by atoms with Gasteiger partial charge >= 0.3 is 0 Å². The lowest BCUT2D eigenvalue weighted by molar-refractivity contribution is 0.399. The summed E-state index contributed by atoms with van der Waals surface area (Å²) in [5, 5.41) is 0. The Bertz CT molecular complexity index is 534. The van der Waals surface area contributed by atoms with Crippen molar-refractivity contribution in [3.63, 3.8) is 0 Å². The van der Waals surface area contributed by atoms with E-state index in [1.165, 1.54) is 24.5 Å². The fraction of sp³-hybridized carbons (Fsp3) is 0.0909. The minimum absolute atomic E-state index is 0.0690. The Labute approximate surface area is 96.1 Å². The summed E-state index contributed by atoms with van der Waals surface area (Å²) in [6.45, 7) is 0.0973. The molecule has 2 rings (SSSR count). The number of hydrogen-bond donors (Lipinski definition) is 1. The van der Waals surface area contributed by atoms with E-state index in [2.05, 4.69) is 9.97 Å². The standard InChI is InChI=1S/C11H9F2N3O/c12-7-2-1-3-9(10(7)13)17-11-8(6-14)15-4-5-16-11/h1-5H,6,14H2. The Morgan fingerprint density at radius 1 is 1.18 bits per heavy atom. The maximum Gasteiger partial charge on any atom is 0.242 e. The van der Waals surface area contributed by atoms with Crippen LogP contribution in [0.5, 0.6) is 11.6 Å². The molecular weight excluding hydrogens is 228 g/mol. The molecule has 0 unspecified atom stereocenters. The molecule has 0 aliphatic heterocycles. The number of halogens is 2. The van der Waals surface area contributed by atoms with Gasteiger partial charge in [-0.25, -0.2) is 9.37 Å². The van der Waals surface area contributed by atoms with E-state index < -0.39 is 11.6 Å². The van der Waals surface area contributed by atoms with Gasteiger partial charge in [0.25, 0.3) is 0 Å². The van der Waals surface area contributed by atoms with Crippen molar-refractivity contribution in [1.29, 1.82) is 0 Å². The van der Waals surface area contributed by atoms with Gasteiger partial charge in [0.2, 0.25) is 11.7 Å². The number of aromatic nitrogens is 2. The number of nitrogens with zero attached hydrogens (tertiary/aromatic N) is 2. The molecule has 0 amide bonds. The highest BCUT2D eigenvalue weighted by molar-refractivity contribution is 5.30. The second kappa shape index (κ2) is 4.84. The zero-order valence-electron chi connectivity index (χ0n) is 8.73. The van der Waals surface area contributed by atoms with Gasteiger partial charge in [0.15, 0.2) is 11.6 Å². The summed E-state index contributed by atoms with van der Waals surface area (Å²) in [6.07, 6.45) is 2.82. The topological polar surface area (TPSA) is 61.0 Å². The van der Waals surface area contributed by atoms with E-state index in [0.717, 1.165) is 6.07 Å². The van der Waals surface area contributed by atoms with Crippen molar-refractivity contribution in [2.75, 3.05) is 0 Å². The highest BCUT2D eigenvalue weighted by Crippen LogP contribution is 2.25. The number of ether oxygens (including phenoxy) is 1. The SMILES string of the molecule is NCc1nccnc1Oc1cccc(F)c1F. The van der Waals surface area contributed by atoms with E-state index in [9.17, 15) is 8.78 Å². The van der Waals surface area contributed by atoms with Gasteiger partial charge < -0.3 is 10.5 Å². The van der Waals surface area contributed by atoms with Gasteiger partial charge in [-0.15, -0.1) is 0 Å². The minimum atomic E-state index is -1.07. The molecule has 0 spiro atoms. The Balaban J connectivity index is 2.35. The molecule has 0 bridgehead atoms. The summed E-state index contributed by atoms with van der Waals surface area (Å²) in [5.41, 5.74) is 5.79. The van der Waals surface area contributed by atoms with E-state index in [4.69, 9.17) is 10.5 Å². The van der Waals surface area contributed by atoms with Gasteiger partial charge in [-0.05, 0) is 12.1 Å². The van der Waals surface area contributed by atoms with Crippen LogP contribution in [0.15, 0.2) is 30.6 Å². The molecule has 0 aliphatic rings. The number of rotatable bonds is 3. The molecule has 17 heavy (non-hydrogen) atoms. The van der Waals surface area contributed by atoms with E-state index in [1.54, 1.807) is 0 Å². The summed E-state index contributed by atoms with van der Waals surface area (Å²) in [5.74, 6) is -2.23. The summed E-state index contributed by atoms with van der Waals surface area (Å²) in [6, 6.07) is 3.64. The first kappa shape index (κ1) is 11.4. The molecule has 1 aromatic carbocycles. The molecule has 2 N–H and O–H groups in total. The third kappa shape index (κ3) is 2.36. The summed E-state index contributed by atoms with van der Waals surface area (Å²) in [4.78, 5) is 7.78. The largest absolute Gasteiger partial charge is 0.434 e. The van der Waals surface area contributed by atoms with Crippen molar-refractivity contribution in [1.82, 2.24) is 9.97 Å². The molecule has 6 heteroatoms. The molecule has 88 valence electrons. The number of benzene rings is 1. The van der Waals surface area contributed by atoms with Crippen LogP contribution in [0.25, 0.3) is 0 Å².